The van der Waals surface area contributed by atoms with E-state index >= 15 is 0 Å². The lowest BCUT2D eigenvalue weighted by Gasteiger charge is -2.05. The van der Waals surface area contributed by atoms with Crippen LogP contribution in [0.3, 0.4) is 0 Å². The van der Waals surface area contributed by atoms with E-state index in [2.05, 4.69) is 25.8 Å². The van der Waals surface area contributed by atoms with Gasteiger partial charge in [-0.25, -0.2) is 4.98 Å². The van der Waals surface area contributed by atoms with E-state index in [-0.39, 0.29) is 5.69 Å². The smallest absolute Gasteiger partial charge is 0.267 e. The molecule has 2 amide bonds. The van der Waals surface area contributed by atoms with E-state index < -0.39 is 11.8 Å². The van der Waals surface area contributed by atoms with Gasteiger partial charge in [-0.15, -0.1) is 0 Å². The minimum Gasteiger partial charge on any atom is -0.267 e. The lowest BCUT2D eigenvalue weighted by Crippen LogP contribution is -2.42. The minimum atomic E-state index is -0.541. The summed E-state index contributed by atoms with van der Waals surface area (Å²) in [5, 5.41) is 0. The summed E-state index contributed by atoms with van der Waals surface area (Å²) in [6.45, 7) is 0. The van der Waals surface area contributed by atoms with Crippen LogP contribution in [0.5, 0.6) is 0 Å². The molecule has 2 aromatic rings. The lowest BCUT2D eigenvalue weighted by atomic mass is 10.3. The first-order valence-electron chi connectivity index (χ1n) is 5.04. The Balaban J connectivity index is 1.93. The van der Waals surface area contributed by atoms with Crippen molar-refractivity contribution in [2.75, 3.05) is 0 Å². The summed E-state index contributed by atoms with van der Waals surface area (Å²) in [5.41, 5.74) is 4.94. The van der Waals surface area contributed by atoms with E-state index in [0.29, 0.717) is 5.56 Å². The molecule has 18 heavy (non-hydrogen) atoms. The maximum Gasteiger partial charge on any atom is 0.289 e. The Hall–Kier alpha value is -2.83. The number of nitrogens with one attached hydrogen (secondary N) is 2. The molecule has 0 aliphatic carbocycles. The third kappa shape index (κ3) is 2.85. The van der Waals surface area contributed by atoms with Crippen LogP contribution in [0.25, 0.3) is 0 Å². The van der Waals surface area contributed by atoms with Gasteiger partial charge >= 0.3 is 0 Å². The molecule has 0 bridgehead atoms. The standard InChI is InChI=1S/C11H9N5O2/c17-10(8-2-1-3-12-6-8)15-16-11(18)9-7-13-4-5-14-9/h1-7H,(H,15,17)(H,16,18). The Morgan fingerprint density at radius 3 is 2.39 bits per heavy atom. The van der Waals surface area contributed by atoms with Crippen LogP contribution in [0.4, 0.5) is 0 Å². The highest BCUT2D eigenvalue weighted by Gasteiger charge is 2.09. The number of hydrogen-bond acceptors (Lipinski definition) is 5. The molecule has 7 heteroatoms. The van der Waals surface area contributed by atoms with Gasteiger partial charge in [-0.05, 0) is 12.1 Å². The molecule has 90 valence electrons. The highest BCUT2D eigenvalue weighted by molar-refractivity contribution is 5.97. The number of nitrogens with zero attached hydrogens (tertiary/aromatic N) is 3. The summed E-state index contributed by atoms with van der Waals surface area (Å²) in [6, 6.07) is 3.20. The van der Waals surface area contributed by atoms with Gasteiger partial charge in [0.25, 0.3) is 11.8 Å². The highest BCUT2D eigenvalue weighted by atomic mass is 16.2. The first-order chi connectivity index (χ1) is 8.77. The van der Waals surface area contributed by atoms with Crippen molar-refractivity contribution in [1.29, 1.82) is 0 Å². The Bertz CT molecular complexity index is 492. The fraction of sp³-hybridized carbons (Fsp3) is 0. The molecule has 7 nitrogen and oxygen atoms in total. The number of rotatable bonds is 2. The molecule has 0 aliphatic heterocycles. The van der Waals surface area contributed by atoms with E-state index in [4.69, 9.17) is 0 Å². The van der Waals surface area contributed by atoms with Gasteiger partial charge in [-0.2, -0.15) is 0 Å². The van der Waals surface area contributed by atoms with Crippen molar-refractivity contribution in [2.45, 2.75) is 0 Å². The van der Waals surface area contributed by atoms with E-state index in [9.17, 15) is 9.59 Å². The number of hydrazine groups is 1. The van der Waals surface area contributed by atoms with Crippen LogP contribution in [0, 0.1) is 0 Å². The van der Waals surface area contributed by atoms with Crippen molar-refractivity contribution in [3.63, 3.8) is 0 Å². The number of amides is 2. The van der Waals surface area contributed by atoms with Crippen LogP contribution in [-0.4, -0.2) is 26.8 Å². The summed E-state index contributed by atoms with van der Waals surface area (Å²) in [5.74, 6) is -0.999. The van der Waals surface area contributed by atoms with E-state index in [1.54, 1.807) is 18.3 Å². The highest BCUT2D eigenvalue weighted by Crippen LogP contribution is 1.94. The van der Waals surface area contributed by atoms with Gasteiger partial charge in [-0.3, -0.25) is 30.4 Å². The zero-order valence-electron chi connectivity index (χ0n) is 9.20. The summed E-state index contributed by atoms with van der Waals surface area (Å²) in [6.07, 6.45) is 7.08. The van der Waals surface area contributed by atoms with Crippen LogP contribution in [0.1, 0.15) is 20.8 Å². The van der Waals surface area contributed by atoms with Gasteiger partial charge < -0.3 is 0 Å². The molecule has 0 fully saturated rings. The van der Waals surface area contributed by atoms with Gasteiger partial charge in [0.05, 0.1) is 11.8 Å². The van der Waals surface area contributed by atoms with Gasteiger partial charge in [0.2, 0.25) is 0 Å². The van der Waals surface area contributed by atoms with Crippen LogP contribution in [-0.2, 0) is 0 Å². The molecule has 0 aliphatic rings. The maximum atomic E-state index is 11.6. The van der Waals surface area contributed by atoms with Crippen molar-refractivity contribution in [3.8, 4) is 0 Å². The largest absolute Gasteiger partial charge is 0.289 e. The van der Waals surface area contributed by atoms with Crippen LogP contribution in [0.15, 0.2) is 43.1 Å². The molecule has 2 heterocycles. The molecule has 0 unspecified atom stereocenters. The SMILES string of the molecule is O=C(NNC(=O)c1cnccn1)c1cccnc1. The zero-order valence-corrected chi connectivity index (χ0v) is 9.20. The summed E-state index contributed by atoms with van der Waals surface area (Å²) in [4.78, 5) is 34.4. The second-order valence-electron chi connectivity index (χ2n) is 3.24. The monoisotopic (exact) mass is 243 g/mol. The summed E-state index contributed by atoms with van der Waals surface area (Å²) >= 11 is 0. The molecule has 2 rings (SSSR count). The van der Waals surface area contributed by atoms with Crippen molar-refractivity contribution in [2.24, 2.45) is 0 Å². The van der Waals surface area contributed by atoms with E-state index in [1.165, 1.54) is 24.8 Å². The molecule has 0 saturated carbocycles. The second kappa shape index (κ2) is 5.48. The average Bonchev–Trinajstić information content (AvgIpc) is 2.46. The third-order valence-corrected chi connectivity index (χ3v) is 2.01. The Kier molecular flexibility index (Phi) is 3.55. The number of hydrogen-bond donors (Lipinski definition) is 2. The Morgan fingerprint density at radius 2 is 1.72 bits per heavy atom. The number of carbonyl (C=O) groups is 2. The molecule has 0 aromatic carbocycles. The third-order valence-electron chi connectivity index (χ3n) is 2.01. The molecule has 0 atom stereocenters. The molecule has 2 N–H and O–H groups in total. The van der Waals surface area contributed by atoms with Crippen molar-refractivity contribution < 1.29 is 9.59 Å². The predicted molar refractivity (Wildman–Crippen MR) is 61.2 cm³/mol. The second-order valence-corrected chi connectivity index (χ2v) is 3.24. The van der Waals surface area contributed by atoms with Crippen LogP contribution >= 0.6 is 0 Å². The molecular formula is C11H9N5O2. The van der Waals surface area contributed by atoms with E-state index in [1.807, 2.05) is 0 Å². The Morgan fingerprint density at radius 1 is 0.944 bits per heavy atom. The average molecular weight is 243 g/mol. The number of pyridine rings is 1. The van der Waals surface area contributed by atoms with Crippen molar-refractivity contribution >= 4 is 11.8 Å². The molecule has 2 aromatic heterocycles. The van der Waals surface area contributed by atoms with E-state index in [0.717, 1.165) is 0 Å². The maximum absolute atomic E-state index is 11.6. The van der Waals surface area contributed by atoms with Crippen molar-refractivity contribution in [1.82, 2.24) is 25.8 Å². The predicted octanol–water partition coefficient (Wildman–Crippen LogP) is -0.0536. The van der Waals surface area contributed by atoms with Crippen molar-refractivity contribution in [3.05, 3.63) is 54.4 Å². The fourth-order valence-corrected chi connectivity index (χ4v) is 1.16. The lowest BCUT2D eigenvalue weighted by molar-refractivity contribution is 0.0843. The Labute approximate surface area is 102 Å². The fourth-order valence-electron chi connectivity index (χ4n) is 1.16. The molecule has 0 spiro atoms. The van der Waals surface area contributed by atoms with Crippen LogP contribution in [0.2, 0.25) is 0 Å². The van der Waals surface area contributed by atoms with Gasteiger partial charge in [0.1, 0.15) is 5.69 Å². The topological polar surface area (TPSA) is 96.9 Å². The number of carbonyl (C=O) groups excluding carboxylic acids is 2. The van der Waals surface area contributed by atoms with Gasteiger partial charge in [-0.1, -0.05) is 0 Å². The molecular weight excluding hydrogens is 234 g/mol. The van der Waals surface area contributed by atoms with Gasteiger partial charge in [0, 0.05) is 24.8 Å². The minimum absolute atomic E-state index is 0.115. The summed E-state index contributed by atoms with van der Waals surface area (Å²) in [7, 11) is 0. The normalized spacial score (nSPS) is 9.56. The van der Waals surface area contributed by atoms with Crippen LogP contribution < -0.4 is 10.9 Å². The van der Waals surface area contributed by atoms with Gasteiger partial charge in [0.15, 0.2) is 0 Å². The molecule has 0 saturated heterocycles. The first-order valence-corrected chi connectivity index (χ1v) is 5.04. The number of aromatic nitrogens is 3. The molecule has 0 radical (unpaired) electrons. The zero-order chi connectivity index (χ0) is 12.8. The quantitative estimate of drug-likeness (QED) is 0.720. The first kappa shape index (κ1) is 11.6. The summed E-state index contributed by atoms with van der Waals surface area (Å²) < 4.78 is 0.